The van der Waals surface area contributed by atoms with Crippen LogP contribution >= 0.6 is 0 Å². The number of carbonyl (C=O) groups excluding carboxylic acids is 1. The van der Waals surface area contributed by atoms with Gasteiger partial charge in [0.1, 0.15) is 5.75 Å². The molecular formula is C13H16N2O2. The number of hydrogen-bond donors (Lipinski definition) is 1. The summed E-state index contributed by atoms with van der Waals surface area (Å²) in [6.07, 6.45) is 1.00. The summed E-state index contributed by atoms with van der Waals surface area (Å²) in [5.74, 6) is 1.14. The van der Waals surface area contributed by atoms with Crippen LogP contribution in [0.5, 0.6) is 5.75 Å². The summed E-state index contributed by atoms with van der Waals surface area (Å²) in [7, 11) is 0. The molecule has 1 fully saturated rings. The number of rotatable bonds is 2. The van der Waals surface area contributed by atoms with Gasteiger partial charge in [-0.2, -0.15) is 0 Å². The maximum absolute atomic E-state index is 11.3. The normalized spacial score (nSPS) is 19.6. The third-order valence-electron chi connectivity index (χ3n) is 3.28. The van der Waals surface area contributed by atoms with Crippen molar-refractivity contribution in [3.05, 3.63) is 29.3 Å². The van der Waals surface area contributed by atoms with E-state index >= 15 is 0 Å². The molecule has 17 heavy (non-hydrogen) atoms. The van der Waals surface area contributed by atoms with Crippen molar-refractivity contribution < 1.29 is 9.53 Å². The highest BCUT2D eigenvalue weighted by Gasteiger charge is 2.17. The fourth-order valence-corrected chi connectivity index (χ4v) is 2.42. The number of hydrogen-bond acceptors (Lipinski definition) is 3. The molecule has 2 heterocycles. The van der Waals surface area contributed by atoms with Crippen LogP contribution in [-0.4, -0.2) is 37.0 Å². The summed E-state index contributed by atoms with van der Waals surface area (Å²) < 4.78 is 5.48. The van der Waals surface area contributed by atoms with Gasteiger partial charge >= 0.3 is 0 Å². The highest BCUT2D eigenvalue weighted by molar-refractivity contribution is 5.78. The number of nitrogens with one attached hydrogen (secondary N) is 1. The number of ether oxygens (including phenoxy) is 1. The average Bonchev–Trinajstić information content (AvgIpc) is 2.76. The highest BCUT2D eigenvalue weighted by Crippen LogP contribution is 2.26. The smallest absolute Gasteiger partial charge is 0.234 e. The Balaban J connectivity index is 1.70. The molecule has 0 unspecified atom stereocenters. The Bertz CT molecular complexity index is 445. The molecule has 1 N–H and O–H groups in total. The van der Waals surface area contributed by atoms with Crippen LogP contribution in [0.2, 0.25) is 0 Å². The second-order valence-electron chi connectivity index (χ2n) is 4.60. The van der Waals surface area contributed by atoms with Crippen molar-refractivity contribution in [3.63, 3.8) is 0 Å². The van der Waals surface area contributed by atoms with Crippen LogP contribution in [-0.2, 0) is 17.8 Å². The molecule has 0 radical (unpaired) electrons. The molecule has 0 aromatic heterocycles. The molecule has 1 aromatic rings. The van der Waals surface area contributed by atoms with E-state index in [0.29, 0.717) is 6.54 Å². The van der Waals surface area contributed by atoms with Gasteiger partial charge in [-0.3, -0.25) is 9.69 Å². The van der Waals surface area contributed by atoms with Crippen LogP contribution in [0.15, 0.2) is 18.2 Å². The molecule has 4 nitrogen and oxygen atoms in total. The minimum absolute atomic E-state index is 0.126. The topological polar surface area (TPSA) is 41.6 Å². The van der Waals surface area contributed by atoms with Crippen LogP contribution in [0.3, 0.4) is 0 Å². The number of fused-ring (bicyclic) bond motifs is 1. The van der Waals surface area contributed by atoms with Gasteiger partial charge in [0, 0.05) is 26.1 Å². The van der Waals surface area contributed by atoms with E-state index in [2.05, 4.69) is 22.3 Å². The molecule has 1 aromatic carbocycles. The van der Waals surface area contributed by atoms with Crippen LogP contribution < -0.4 is 10.1 Å². The Kier molecular flexibility index (Phi) is 2.73. The number of carbonyl (C=O) groups is 1. The van der Waals surface area contributed by atoms with Crippen molar-refractivity contribution in [2.24, 2.45) is 0 Å². The zero-order valence-electron chi connectivity index (χ0n) is 9.74. The van der Waals surface area contributed by atoms with Gasteiger partial charge in [-0.1, -0.05) is 12.1 Å². The maximum Gasteiger partial charge on any atom is 0.234 e. The Morgan fingerprint density at radius 2 is 2.35 bits per heavy atom. The first-order valence-corrected chi connectivity index (χ1v) is 6.05. The van der Waals surface area contributed by atoms with Crippen molar-refractivity contribution in [2.75, 3.05) is 26.2 Å². The molecular weight excluding hydrogens is 216 g/mol. The lowest BCUT2D eigenvalue weighted by Gasteiger charge is -2.26. The van der Waals surface area contributed by atoms with Gasteiger partial charge in [0.2, 0.25) is 5.91 Å². The predicted octanol–water partition coefficient (Wildman–Crippen LogP) is 0.553. The zero-order valence-corrected chi connectivity index (χ0v) is 9.74. The molecule has 3 rings (SSSR count). The molecule has 0 saturated carbocycles. The summed E-state index contributed by atoms with van der Waals surface area (Å²) >= 11 is 0. The van der Waals surface area contributed by atoms with Gasteiger partial charge in [0.15, 0.2) is 0 Å². The number of nitrogens with zero attached hydrogens (tertiary/aromatic N) is 1. The van der Waals surface area contributed by atoms with Crippen LogP contribution in [0.4, 0.5) is 0 Å². The summed E-state index contributed by atoms with van der Waals surface area (Å²) in [5, 5.41) is 2.84. The SMILES string of the molecule is O=C1CN(Cc2ccc3c(c2)CCO3)CCN1. The Labute approximate surface area is 101 Å². The van der Waals surface area contributed by atoms with E-state index in [0.717, 1.165) is 38.4 Å². The Hall–Kier alpha value is -1.55. The lowest BCUT2D eigenvalue weighted by atomic mass is 10.1. The van der Waals surface area contributed by atoms with Crippen molar-refractivity contribution in [1.82, 2.24) is 10.2 Å². The Morgan fingerprint density at radius 3 is 3.24 bits per heavy atom. The first kappa shape index (κ1) is 10.6. The van der Waals surface area contributed by atoms with E-state index < -0.39 is 0 Å². The lowest BCUT2D eigenvalue weighted by Crippen LogP contribution is -2.47. The van der Waals surface area contributed by atoms with Crippen LogP contribution in [0.1, 0.15) is 11.1 Å². The van der Waals surface area contributed by atoms with Gasteiger partial charge in [0.25, 0.3) is 0 Å². The largest absolute Gasteiger partial charge is 0.493 e. The molecule has 0 bridgehead atoms. The number of piperazine rings is 1. The predicted molar refractivity (Wildman–Crippen MR) is 63.9 cm³/mol. The second kappa shape index (κ2) is 4.37. The molecule has 4 heteroatoms. The zero-order chi connectivity index (χ0) is 11.7. The minimum atomic E-state index is 0.126. The van der Waals surface area contributed by atoms with E-state index in [1.807, 2.05) is 6.07 Å². The van der Waals surface area contributed by atoms with Gasteiger partial charge < -0.3 is 10.1 Å². The van der Waals surface area contributed by atoms with Crippen molar-refractivity contribution in [1.29, 1.82) is 0 Å². The minimum Gasteiger partial charge on any atom is -0.493 e. The standard InChI is InChI=1S/C13H16N2O2/c16-13-9-15(5-4-14-13)8-10-1-2-12-11(7-10)3-6-17-12/h1-2,7H,3-6,8-9H2,(H,14,16). The first-order chi connectivity index (χ1) is 8.31. The molecule has 0 spiro atoms. The molecule has 0 aliphatic carbocycles. The molecule has 90 valence electrons. The number of amides is 1. The van der Waals surface area contributed by atoms with Crippen molar-refractivity contribution in [3.8, 4) is 5.75 Å². The third-order valence-corrected chi connectivity index (χ3v) is 3.28. The third kappa shape index (κ3) is 2.26. The first-order valence-electron chi connectivity index (χ1n) is 6.05. The maximum atomic E-state index is 11.3. The molecule has 0 atom stereocenters. The summed E-state index contributed by atoms with van der Waals surface area (Å²) in [6, 6.07) is 6.34. The summed E-state index contributed by atoms with van der Waals surface area (Å²) in [5.41, 5.74) is 2.56. The summed E-state index contributed by atoms with van der Waals surface area (Å²) in [6.45, 7) is 3.84. The fourth-order valence-electron chi connectivity index (χ4n) is 2.42. The highest BCUT2D eigenvalue weighted by atomic mass is 16.5. The number of benzene rings is 1. The van der Waals surface area contributed by atoms with E-state index in [4.69, 9.17) is 4.74 Å². The molecule has 2 aliphatic heterocycles. The van der Waals surface area contributed by atoms with E-state index in [-0.39, 0.29) is 5.91 Å². The quantitative estimate of drug-likeness (QED) is 0.810. The van der Waals surface area contributed by atoms with E-state index in [9.17, 15) is 4.79 Å². The van der Waals surface area contributed by atoms with E-state index in [1.165, 1.54) is 11.1 Å². The lowest BCUT2D eigenvalue weighted by molar-refractivity contribution is -0.124. The fraction of sp³-hybridized carbons (Fsp3) is 0.462. The van der Waals surface area contributed by atoms with Gasteiger partial charge in [-0.15, -0.1) is 0 Å². The van der Waals surface area contributed by atoms with Crippen molar-refractivity contribution >= 4 is 5.91 Å². The van der Waals surface area contributed by atoms with E-state index in [1.54, 1.807) is 0 Å². The molecule has 1 amide bonds. The second-order valence-corrected chi connectivity index (χ2v) is 4.60. The van der Waals surface area contributed by atoms with Crippen molar-refractivity contribution in [2.45, 2.75) is 13.0 Å². The molecule has 1 saturated heterocycles. The van der Waals surface area contributed by atoms with Crippen LogP contribution in [0.25, 0.3) is 0 Å². The van der Waals surface area contributed by atoms with Crippen LogP contribution in [0, 0.1) is 0 Å². The monoisotopic (exact) mass is 232 g/mol. The Morgan fingerprint density at radius 1 is 1.41 bits per heavy atom. The average molecular weight is 232 g/mol. The van der Waals surface area contributed by atoms with Gasteiger partial charge in [0.05, 0.1) is 13.2 Å². The van der Waals surface area contributed by atoms with Gasteiger partial charge in [-0.25, -0.2) is 0 Å². The van der Waals surface area contributed by atoms with Gasteiger partial charge in [-0.05, 0) is 17.2 Å². The summed E-state index contributed by atoms with van der Waals surface area (Å²) in [4.78, 5) is 13.5. The molecule has 2 aliphatic rings.